The molecule has 3 rings (SSSR count). The van der Waals surface area contributed by atoms with Gasteiger partial charge in [-0.15, -0.1) is 0 Å². The van der Waals surface area contributed by atoms with Gasteiger partial charge in [-0.1, -0.05) is 6.07 Å². The Morgan fingerprint density at radius 2 is 1.81 bits per heavy atom. The molecule has 0 spiro atoms. The number of aromatic nitrogens is 3. The van der Waals surface area contributed by atoms with Gasteiger partial charge in [0, 0.05) is 11.6 Å². The van der Waals surface area contributed by atoms with E-state index in [1.807, 2.05) is 0 Å². The van der Waals surface area contributed by atoms with Gasteiger partial charge >= 0.3 is 11.9 Å². The molecule has 1 heterocycles. The van der Waals surface area contributed by atoms with Crippen LogP contribution in [0.1, 0.15) is 16.7 Å². The van der Waals surface area contributed by atoms with Crippen LogP contribution in [-0.2, 0) is 12.7 Å². The van der Waals surface area contributed by atoms with Gasteiger partial charge in [-0.3, -0.25) is 10.1 Å². The lowest BCUT2D eigenvalue weighted by atomic mass is 10.1. The summed E-state index contributed by atoms with van der Waals surface area (Å²) in [5, 5.41) is 14.8. The second kappa shape index (κ2) is 6.71. The predicted octanol–water partition coefficient (Wildman–Crippen LogP) is 3.32. The minimum absolute atomic E-state index is 0.0265. The Morgan fingerprint density at radius 3 is 2.37 bits per heavy atom. The molecule has 0 fully saturated rings. The van der Waals surface area contributed by atoms with Gasteiger partial charge in [-0.2, -0.15) is 18.3 Å². The molecule has 0 aliphatic heterocycles. The minimum atomic E-state index is -4.46. The van der Waals surface area contributed by atoms with Crippen LogP contribution >= 0.6 is 0 Å². The van der Waals surface area contributed by atoms with E-state index in [0.717, 1.165) is 21.4 Å². The van der Waals surface area contributed by atoms with Crippen LogP contribution in [0, 0.1) is 17.0 Å². The Kier molecular flexibility index (Phi) is 4.56. The summed E-state index contributed by atoms with van der Waals surface area (Å²) in [6.07, 6.45) is -3.25. The van der Waals surface area contributed by atoms with Crippen LogP contribution in [-0.4, -0.2) is 19.3 Å². The maximum atomic E-state index is 12.6. The largest absolute Gasteiger partial charge is 0.416 e. The molecule has 0 radical (unpaired) electrons. The van der Waals surface area contributed by atoms with E-state index in [9.17, 15) is 28.1 Å². The third-order valence-electron chi connectivity index (χ3n) is 4.00. The lowest BCUT2D eigenvalue weighted by molar-refractivity contribution is -0.385. The summed E-state index contributed by atoms with van der Waals surface area (Å²) in [6.45, 7) is 1.66. The molecule has 7 nitrogen and oxygen atoms in total. The molecule has 0 bridgehead atoms. The van der Waals surface area contributed by atoms with Crippen molar-refractivity contribution in [2.75, 3.05) is 0 Å². The summed E-state index contributed by atoms with van der Waals surface area (Å²) in [5.41, 5.74) is -0.0371. The van der Waals surface area contributed by atoms with Crippen molar-refractivity contribution in [3.05, 3.63) is 86.1 Å². The lowest BCUT2D eigenvalue weighted by Gasteiger charge is -2.07. The van der Waals surface area contributed by atoms with Crippen molar-refractivity contribution in [2.45, 2.75) is 19.6 Å². The summed E-state index contributed by atoms with van der Waals surface area (Å²) in [6, 6.07) is 8.61. The standard InChI is InChI=1S/C17H13F3N4O3/c1-11-8-12(2-7-15(11)24(26)27)9-23-16(25)22(10-21-23)14-5-3-13(4-6-14)17(18,19)20/h2-8,10H,9H2,1H3. The molecular weight excluding hydrogens is 365 g/mol. The Balaban J connectivity index is 1.87. The molecule has 0 N–H and O–H groups in total. The highest BCUT2D eigenvalue weighted by Crippen LogP contribution is 2.29. The van der Waals surface area contributed by atoms with Crippen molar-refractivity contribution in [3.63, 3.8) is 0 Å². The second-order valence-electron chi connectivity index (χ2n) is 5.86. The first-order valence-electron chi connectivity index (χ1n) is 7.73. The SMILES string of the molecule is Cc1cc(Cn2ncn(-c3ccc(C(F)(F)F)cc3)c2=O)ccc1[N+](=O)[O-]. The van der Waals surface area contributed by atoms with Crippen LogP contribution in [0.5, 0.6) is 0 Å². The number of halogens is 3. The van der Waals surface area contributed by atoms with Crippen molar-refractivity contribution in [2.24, 2.45) is 0 Å². The van der Waals surface area contributed by atoms with Crippen molar-refractivity contribution in [1.29, 1.82) is 0 Å². The summed E-state index contributed by atoms with van der Waals surface area (Å²) >= 11 is 0. The van der Waals surface area contributed by atoms with E-state index in [-0.39, 0.29) is 17.9 Å². The third-order valence-corrected chi connectivity index (χ3v) is 4.00. The van der Waals surface area contributed by atoms with Gasteiger partial charge in [0.25, 0.3) is 5.69 Å². The lowest BCUT2D eigenvalue weighted by Crippen LogP contribution is -2.24. The molecular formula is C17H13F3N4O3. The topological polar surface area (TPSA) is 83.0 Å². The van der Waals surface area contributed by atoms with Crippen molar-refractivity contribution >= 4 is 5.69 Å². The summed E-state index contributed by atoms with van der Waals surface area (Å²) in [7, 11) is 0. The maximum absolute atomic E-state index is 12.6. The second-order valence-corrected chi connectivity index (χ2v) is 5.86. The zero-order valence-electron chi connectivity index (χ0n) is 14.0. The average Bonchev–Trinajstić information content (AvgIpc) is 2.95. The van der Waals surface area contributed by atoms with E-state index in [4.69, 9.17) is 0 Å². The van der Waals surface area contributed by atoms with E-state index in [0.29, 0.717) is 11.1 Å². The van der Waals surface area contributed by atoms with Gasteiger partial charge < -0.3 is 0 Å². The van der Waals surface area contributed by atoms with Crippen LogP contribution in [0.25, 0.3) is 5.69 Å². The molecule has 0 saturated heterocycles. The molecule has 0 saturated carbocycles. The highest BCUT2D eigenvalue weighted by Gasteiger charge is 2.30. The monoisotopic (exact) mass is 378 g/mol. The van der Waals surface area contributed by atoms with Crippen LogP contribution in [0.3, 0.4) is 0 Å². The fraction of sp³-hybridized carbons (Fsp3) is 0.176. The highest BCUT2D eigenvalue weighted by atomic mass is 19.4. The Hall–Kier alpha value is -3.43. The smallest absolute Gasteiger partial charge is 0.258 e. The van der Waals surface area contributed by atoms with Gasteiger partial charge in [-0.25, -0.2) is 14.0 Å². The number of aryl methyl sites for hydroxylation is 1. The van der Waals surface area contributed by atoms with Crippen LogP contribution in [0.2, 0.25) is 0 Å². The number of hydrogen-bond donors (Lipinski definition) is 0. The van der Waals surface area contributed by atoms with Gasteiger partial charge in [0.1, 0.15) is 6.33 Å². The van der Waals surface area contributed by atoms with Crippen LogP contribution < -0.4 is 5.69 Å². The first kappa shape index (κ1) is 18.4. The predicted molar refractivity (Wildman–Crippen MR) is 89.8 cm³/mol. The van der Waals surface area contributed by atoms with Crippen molar-refractivity contribution in [3.8, 4) is 5.69 Å². The number of alkyl halides is 3. The Labute approximate surface area is 150 Å². The molecule has 2 aromatic carbocycles. The van der Waals surface area contributed by atoms with E-state index in [1.165, 1.54) is 30.6 Å². The molecule has 0 atom stereocenters. The molecule has 3 aromatic rings. The number of rotatable bonds is 4. The van der Waals surface area contributed by atoms with E-state index in [2.05, 4.69) is 5.10 Å². The summed E-state index contributed by atoms with van der Waals surface area (Å²) in [5.74, 6) is 0. The highest BCUT2D eigenvalue weighted by molar-refractivity contribution is 5.42. The van der Waals surface area contributed by atoms with Crippen molar-refractivity contribution in [1.82, 2.24) is 14.3 Å². The first-order valence-corrected chi connectivity index (χ1v) is 7.73. The molecule has 10 heteroatoms. The normalized spacial score (nSPS) is 11.6. The molecule has 140 valence electrons. The number of nitro benzene ring substituents is 1. The minimum Gasteiger partial charge on any atom is -0.258 e. The molecule has 0 aliphatic rings. The van der Waals surface area contributed by atoms with Gasteiger partial charge in [0.2, 0.25) is 0 Å². The molecule has 0 aliphatic carbocycles. The molecule has 0 unspecified atom stereocenters. The van der Waals surface area contributed by atoms with E-state index >= 15 is 0 Å². The van der Waals surface area contributed by atoms with Crippen LogP contribution in [0.15, 0.2) is 53.6 Å². The first-order chi connectivity index (χ1) is 12.7. The molecule has 27 heavy (non-hydrogen) atoms. The zero-order valence-corrected chi connectivity index (χ0v) is 14.0. The molecule has 1 aromatic heterocycles. The van der Waals surface area contributed by atoms with E-state index < -0.39 is 22.4 Å². The van der Waals surface area contributed by atoms with Gasteiger partial charge in [-0.05, 0) is 42.8 Å². The molecule has 0 amide bonds. The number of nitro groups is 1. The quantitative estimate of drug-likeness (QED) is 0.515. The zero-order chi connectivity index (χ0) is 19.8. The Bertz CT molecular complexity index is 1050. The third kappa shape index (κ3) is 3.73. The van der Waals surface area contributed by atoms with Gasteiger partial charge in [0.15, 0.2) is 0 Å². The number of benzene rings is 2. The fourth-order valence-electron chi connectivity index (χ4n) is 2.63. The van der Waals surface area contributed by atoms with Crippen molar-refractivity contribution < 1.29 is 18.1 Å². The van der Waals surface area contributed by atoms with E-state index in [1.54, 1.807) is 13.0 Å². The number of nitrogens with zero attached hydrogens (tertiary/aromatic N) is 4. The Morgan fingerprint density at radius 1 is 1.15 bits per heavy atom. The summed E-state index contributed by atoms with van der Waals surface area (Å²) in [4.78, 5) is 22.8. The maximum Gasteiger partial charge on any atom is 0.416 e. The number of hydrogen-bond acceptors (Lipinski definition) is 4. The van der Waals surface area contributed by atoms with Gasteiger partial charge in [0.05, 0.1) is 22.7 Å². The fourth-order valence-corrected chi connectivity index (χ4v) is 2.63. The van der Waals surface area contributed by atoms with Crippen LogP contribution in [0.4, 0.5) is 18.9 Å². The average molecular weight is 378 g/mol. The summed E-state index contributed by atoms with van der Waals surface area (Å²) < 4.78 is 40.1.